The van der Waals surface area contributed by atoms with Crippen molar-refractivity contribution < 1.29 is 14.2 Å². The Morgan fingerprint density at radius 1 is 1.14 bits per heavy atom. The SMILES string of the molecule is CC(=O)c1ccc[n+]([C@@H](C)C(=O)Nc2ccc(C)cc2)c1. The number of hydrogen-bond donors (Lipinski definition) is 1. The van der Waals surface area contributed by atoms with Gasteiger partial charge in [0.25, 0.3) is 5.91 Å². The summed E-state index contributed by atoms with van der Waals surface area (Å²) in [6.45, 7) is 5.31. The predicted molar refractivity (Wildman–Crippen MR) is 81.2 cm³/mol. The summed E-state index contributed by atoms with van der Waals surface area (Å²) in [5, 5.41) is 2.87. The summed E-state index contributed by atoms with van der Waals surface area (Å²) in [6.07, 6.45) is 3.48. The molecule has 0 fully saturated rings. The van der Waals surface area contributed by atoms with Crippen molar-refractivity contribution in [2.45, 2.75) is 26.8 Å². The van der Waals surface area contributed by atoms with E-state index in [1.54, 1.807) is 36.0 Å². The van der Waals surface area contributed by atoms with E-state index >= 15 is 0 Å². The van der Waals surface area contributed by atoms with Crippen molar-refractivity contribution in [3.63, 3.8) is 0 Å². The normalized spacial score (nSPS) is 11.8. The average molecular weight is 283 g/mol. The van der Waals surface area contributed by atoms with Crippen LogP contribution in [-0.4, -0.2) is 11.7 Å². The molecule has 108 valence electrons. The topological polar surface area (TPSA) is 50.0 Å². The van der Waals surface area contributed by atoms with Crippen LogP contribution in [0, 0.1) is 6.92 Å². The highest BCUT2D eigenvalue weighted by Gasteiger charge is 2.22. The summed E-state index contributed by atoms with van der Waals surface area (Å²) in [5.41, 5.74) is 2.50. The molecule has 0 unspecified atom stereocenters. The minimum Gasteiger partial charge on any atom is -0.320 e. The number of carbonyl (C=O) groups excluding carboxylic acids is 2. The van der Waals surface area contributed by atoms with Crippen molar-refractivity contribution in [2.75, 3.05) is 5.32 Å². The minimum atomic E-state index is -0.398. The molecule has 1 atom stereocenters. The molecule has 1 N–H and O–H groups in total. The van der Waals surface area contributed by atoms with Crippen LogP contribution in [0.1, 0.15) is 35.8 Å². The number of anilines is 1. The fourth-order valence-corrected chi connectivity index (χ4v) is 1.96. The van der Waals surface area contributed by atoms with Gasteiger partial charge in [-0.1, -0.05) is 17.7 Å². The van der Waals surface area contributed by atoms with Gasteiger partial charge < -0.3 is 5.32 Å². The van der Waals surface area contributed by atoms with Gasteiger partial charge in [0.15, 0.2) is 18.2 Å². The Balaban J connectivity index is 2.13. The molecule has 4 nitrogen and oxygen atoms in total. The van der Waals surface area contributed by atoms with E-state index in [9.17, 15) is 9.59 Å². The molecule has 2 rings (SSSR count). The number of nitrogens with one attached hydrogen (secondary N) is 1. The standard InChI is InChI=1S/C17H18N2O2/c1-12-6-8-16(9-7-12)18-17(21)13(2)19-10-4-5-15(11-19)14(3)20/h4-11,13H,1-3H3/p+1/t13-/m0/s1. The van der Waals surface area contributed by atoms with Crippen molar-refractivity contribution in [2.24, 2.45) is 0 Å². The summed E-state index contributed by atoms with van der Waals surface area (Å²) in [5.74, 6) is -0.139. The molecule has 0 bridgehead atoms. The maximum atomic E-state index is 12.3. The second-order valence-electron chi connectivity index (χ2n) is 5.13. The number of aryl methyl sites for hydroxylation is 1. The molecule has 0 aliphatic heterocycles. The number of aromatic nitrogens is 1. The van der Waals surface area contributed by atoms with Crippen LogP contribution in [0.3, 0.4) is 0 Å². The summed E-state index contributed by atoms with van der Waals surface area (Å²) in [6, 6.07) is 10.8. The Kier molecular flexibility index (Phi) is 4.48. The van der Waals surface area contributed by atoms with Gasteiger partial charge in [0.2, 0.25) is 6.04 Å². The number of amides is 1. The van der Waals surface area contributed by atoms with Crippen LogP contribution in [0.25, 0.3) is 0 Å². The summed E-state index contributed by atoms with van der Waals surface area (Å²) < 4.78 is 1.74. The predicted octanol–water partition coefficient (Wildman–Crippen LogP) is 2.68. The molecule has 0 saturated carbocycles. The van der Waals surface area contributed by atoms with Crippen LogP contribution in [0.5, 0.6) is 0 Å². The van der Waals surface area contributed by atoms with Gasteiger partial charge in [-0.05, 0) is 32.0 Å². The number of Topliss-reactive ketones (excluding diaryl/α,β-unsaturated/α-hetero) is 1. The Hall–Kier alpha value is -2.49. The van der Waals surface area contributed by atoms with Gasteiger partial charge in [0, 0.05) is 18.7 Å². The number of hydrogen-bond acceptors (Lipinski definition) is 2. The number of rotatable bonds is 4. The monoisotopic (exact) mass is 283 g/mol. The van der Waals surface area contributed by atoms with Gasteiger partial charge in [-0.25, -0.2) is 0 Å². The fraction of sp³-hybridized carbons (Fsp3) is 0.235. The molecule has 1 amide bonds. The van der Waals surface area contributed by atoms with Gasteiger partial charge in [0.1, 0.15) is 0 Å². The van der Waals surface area contributed by atoms with E-state index in [0.29, 0.717) is 5.56 Å². The van der Waals surface area contributed by atoms with E-state index in [4.69, 9.17) is 0 Å². The van der Waals surface area contributed by atoms with Gasteiger partial charge in [-0.2, -0.15) is 4.57 Å². The van der Waals surface area contributed by atoms with Gasteiger partial charge in [-0.15, -0.1) is 0 Å². The number of ketones is 1. The smallest absolute Gasteiger partial charge is 0.293 e. The number of carbonyl (C=O) groups is 2. The first-order chi connectivity index (χ1) is 9.97. The Bertz CT molecular complexity index is 663. The lowest BCUT2D eigenvalue weighted by Crippen LogP contribution is -2.44. The van der Waals surface area contributed by atoms with E-state index < -0.39 is 6.04 Å². The lowest BCUT2D eigenvalue weighted by Gasteiger charge is -2.09. The van der Waals surface area contributed by atoms with Crippen LogP contribution in [0.2, 0.25) is 0 Å². The second kappa shape index (κ2) is 6.31. The van der Waals surface area contributed by atoms with Crippen molar-refractivity contribution in [1.29, 1.82) is 0 Å². The second-order valence-corrected chi connectivity index (χ2v) is 5.13. The summed E-state index contributed by atoms with van der Waals surface area (Å²) >= 11 is 0. The number of benzene rings is 1. The van der Waals surface area contributed by atoms with Crippen molar-refractivity contribution >= 4 is 17.4 Å². The minimum absolute atomic E-state index is 0.0181. The highest BCUT2D eigenvalue weighted by Crippen LogP contribution is 2.10. The summed E-state index contributed by atoms with van der Waals surface area (Å²) in [4.78, 5) is 23.7. The maximum absolute atomic E-state index is 12.3. The maximum Gasteiger partial charge on any atom is 0.293 e. The highest BCUT2D eigenvalue weighted by molar-refractivity contribution is 5.94. The molecule has 0 saturated heterocycles. The molecule has 0 aliphatic rings. The lowest BCUT2D eigenvalue weighted by molar-refractivity contribution is -0.705. The molecular weight excluding hydrogens is 264 g/mol. The van der Waals surface area contributed by atoms with E-state index in [1.165, 1.54) is 6.92 Å². The highest BCUT2D eigenvalue weighted by atomic mass is 16.2. The first-order valence-electron chi connectivity index (χ1n) is 6.86. The Labute approximate surface area is 124 Å². The van der Waals surface area contributed by atoms with Crippen molar-refractivity contribution in [1.82, 2.24) is 0 Å². The molecule has 0 spiro atoms. The number of pyridine rings is 1. The fourth-order valence-electron chi connectivity index (χ4n) is 1.96. The van der Waals surface area contributed by atoms with Crippen molar-refractivity contribution in [3.8, 4) is 0 Å². The molecule has 0 radical (unpaired) electrons. The van der Waals surface area contributed by atoms with Crippen molar-refractivity contribution in [3.05, 3.63) is 59.9 Å². The zero-order valence-electron chi connectivity index (χ0n) is 12.5. The third kappa shape index (κ3) is 3.75. The summed E-state index contributed by atoms with van der Waals surface area (Å²) in [7, 11) is 0. The zero-order chi connectivity index (χ0) is 15.4. The molecule has 2 aromatic rings. The number of nitrogens with zero attached hydrogens (tertiary/aromatic N) is 1. The molecule has 0 aliphatic carbocycles. The molecular formula is C17H19N2O2+. The van der Waals surface area contributed by atoms with Gasteiger partial charge >= 0.3 is 0 Å². The Morgan fingerprint density at radius 3 is 2.43 bits per heavy atom. The van der Waals surface area contributed by atoms with Crippen LogP contribution >= 0.6 is 0 Å². The first kappa shape index (κ1) is 14.9. The quantitative estimate of drug-likeness (QED) is 0.693. The third-order valence-corrected chi connectivity index (χ3v) is 3.37. The molecule has 1 aromatic carbocycles. The molecule has 21 heavy (non-hydrogen) atoms. The largest absolute Gasteiger partial charge is 0.320 e. The molecule has 1 heterocycles. The van der Waals surface area contributed by atoms with Crippen LogP contribution in [-0.2, 0) is 4.79 Å². The lowest BCUT2D eigenvalue weighted by atomic mass is 10.2. The van der Waals surface area contributed by atoms with Gasteiger partial charge in [0.05, 0.1) is 5.56 Å². The molecule has 4 heteroatoms. The zero-order valence-corrected chi connectivity index (χ0v) is 12.5. The van der Waals surface area contributed by atoms with Gasteiger partial charge in [-0.3, -0.25) is 9.59 Å². The molecule has 1 aromatic heterocycles. The third-order valence-electron chi connectivity index (χ3n) is 3.37. The van der Waals surface area contributed by atoms with Crippen LogP contribution in [0.4, 0.5) is 5.69 Å². The Morgan fingerprint density at radius 2 is 1.81 bits per heavy atom. The first-order valence-corrected chi connectivity index (χ1v) is 6.86. The van der Waals surface area contributed by atoms with Crippen LogP contribution in [0.15, 0.2) is 48.8 Å². The van der Waals surface area contributed by atoms with E-state index in [1.807, 2.05) is 31.2 Å². The van der Waals surface area contributed by atoms with E-state index in [2.05, 4.69) is 5.32 Å². The van der Waals surface area contributed by atoms with E-state index in [-0.39, 0.29) is 11.7 Å². The van der Waals surface area contributed by atoms with Crippen LogP contribution < -0.4 is 9.88 Å². The average Bonchev–Trinajstić information content (AvgIpc) is 2.49. The van der Waals surface area contributed by atoms with E-state index in [0.717, 1.165) is 11.3 Å².